The molecule has 34 heavy (non-hydrogen) atoms. The number of thiazole rings is 1. The third kappa shape index (κ3) is 5.06. The summed E-state index contributed by atoms with van der Waals surface area (Å²) >= 11 is 2.16. The van der Waals surface area contributed by atoms with E-state index in [0.717, 1.165) is 16.2 Å². The highest BCUT2D eigenvalue weighted by molar-refractivity contribution is 8.00. The standard InChI is InChI=1S/C17H20N6O9S2/c1-31-7-4-33-13-9(12(25)23(13)10(7)15(28)29)21-11(24)8(19)6-3-34-16(20-6)22-17(30)32-2-5(18)14(26)27/h3,5,8-9,13H,2,4,18-19H2,1H3,(H,21,24)(H,26,27)(H,28,29)(H,20,22,30)/t5-,8-,9-,13-/m1/s1. The third-order valence-corrected chi connectivity index (χ3v) is 6.75. The van der Waals surface area contributed by atoms with Gasteiger partial charge in [-0.05, 0) is 0 Å². The van der Waals surface area contributed by atoms with Crippen LogP contribution in [0.15, 0.2) is 16.8 Å². The number of carboxylic acids is 2. The van der Waals surface area contributed by atoms with E-state index in [1.165, 1.54) is 24.3 Å². The van der Waals surface area contributed by atoms with Gasteiger partial charge in [-0.15, -0.1) is 23.1 Å². The molecule has 0 aliphatic carbocycles. The van der Waals surface area contributed by atoms with E-state index >= 15 is 0 Å². The molecule has 3 amide bonds. The molecule has 1 fully saturated rings. The van der Waals surface area contributed by atoms with Crippen molar-refractivity contribution in [3.63, 3.8) is 0 Å². The number of rotatable bonds is 9. The summed E-state index contributed by atoms with van der Waals surface area (Å²) in [6.07, 6.45) is -0.997. The van der Waals surface area contributed by atoms with Gasteiger partial charge in [0.2, 0.25) is 5.91 Å². The van der Waals surface area contributed by atoms with E-state index in [-0.39, 0.29) is 28.0 Å². The molecule has 2 aliphatic heterocycles. The van der Waals surface area contributed by atoms with Crippen LogP contribution in [0.1, 0.15) is 11.7 Å². The Morgan fingerprint density at radius 2 is 2.03 bits per heavy atom. The van der Waals surface area contributed by atoms with Gasteiger partial charge in [-0.25, -0.2) is 14.6 Å². The smallest absolute Gasteiger partial charge is 0.413 e. The van der Waals surface area contributed by atoms with E-state index in [9.17, 15) is 29.1 Å². The van der Waals surface area contributed by atoms with E-state index in [1.54, 1.807) is 0 Å². The maximum absolute atomic E-state index is 12.6. The summed E-state index contributed by atoms with van der Waals surface area (Å²) in [5, 5.41) is 23.6. The van der Waals surface area contributed by atoms with Crippen LogP contribution < -0.4 is 22.1 Å². The second-order valence-electron chi connectivity index (χ2n) is 6.90. The van der Waals surface area contributed by atoms with E-state index in [1.807, 2.05) is 0 Å². The molecule has 1 aromatic heterocycles. The number of aliphatic carboxylic acids is 2. The number of nitrogens with two attached hydrogens (primary N) is 2. The second-order valence-corrected chi connectivity index (χ2v) is 8.86. The van der Waals surface area contributed by atoms with Crippen LogP contribution in [0, 0.1) is 0 Å². The lowest BCUT2D eigenvalue weighted by atomic mass is 10.0. The number of thioether (sulfide) groups is 1. The van der Waals surface area contributed by atoms with Gasteiger partial charge in [0.15, 0.2) is 10.8 Å². The number of carboxylic acid groups (broad SMARTS) is 2. The van der Waals surface area contributed by atoms with Gasteiger partial charge in [0.25, 0.3) is 5.91 Å². The van der Waals surface area contributed by atoms with Crippen molar-refractivity contribution in [3.8, 4) is 0 Å². The minimum Gasteiger partial charge on any atom is -0.498 e. The van der Waals surface area contributed by atoms with Crippen molar-refractivity contribution >= 4 is 58.1 Å². The Labute approximate surface area is 199 Å². The van der Waals surface area contributed by atoms with Gasteiger partial charge in [-0.1, -0.05) is 0 Å². The lowest BCUT2D eigenvalue weighted by Gasteiger charge is -2.49. The highest BCUT2D eigenvalue weighted by atomic mass is 32.2. The van der Waals surface area contributed by atoms with Crippen LogP contribution in [-0.2, 0) is 28.7 Å². The number of aromatic nitrogens is 1. The zero-order chi connectivity index (χ0) is 25.2. The number of ether oxygens (including phenoxy) is 2. The van der Waals surface area contributed by atoms with E-state index in [4.69, 9.17) is 21.3 Å². The van der Waals surface area contributed by atoms with Crippen molar-refractivity contribution in [3.05, 3.63) is 22.5 Å². The molecule has 0 spiro atoms. The van der Waals surface area contributed by atoms with E-state index in [0.29, 0.717) is 0 Å². The average Bonchev–Trinajstić information content (AvgIpc) is 3.26. The van der Waals surface area contributed by atoms with Crippen molar-refractivity contribution < 1.29 is 43.7 Å². The molecule has 3 rings (SSSR count). The van der Waals surface area contributed by atoms with Crippen molar-refractivity contribution in [2.24, 2.45) is 11.5 Å². The zero-order valence-electron chi connectivity index (χ0n) is 17.4. The molecule has 1 saturated heterocycles. The van der Waals surface area contributed by atoms with Crippen LogP contribution in [0.2, 0.25) is 0 Å². The number of methoxy groups -OCH3 is 1. The summed E-state index contributed by atoms with van der Waals surface area (Å²) in [4.78, 5) is 64.1. The molecule has 17 heteroatoms. The number of β-lactam (4-membered cyclic amide) rings is 1. The molecule has 15 nitrogen and oxygen atoms in total. The van der Waals surface area contributed by atoms with Crippen LogP contribution in [0.5, 0.6) is 0 Å². The second kappa shape index (κ2) is 10.2. The number of hydrogen-bond donors (Lipinski definition) is 6. The lowest BCUT2D eigenvalue weighted by molar-refractivity contribution is -0.151. The van der Waals surface area contributed by atoms with E-state index in [2.05, 4.69) is 20.4 Å². The van der Waals surface area contributed by atoms with E-state index < -0.39 is 60.0 Å². The number of carbonyl (C=O) groups is 5. The molecule has 8 N–H and O–H groups in total. The predicted octanol–water partition coefficient (Wildman–Crippen LogP) is -1.55. The first-order valence-corrected chi connectivity index (χ1v) is 11.4. The van der Waals surface area contributed by atoms with Crippen LogP contribution in [-0.4, -0.2) is 86.9 Å². The van der Waals surface area contributed by atoms with Gasteiger partial charge < -0.3 is 36.5 Å². The molecular weight excluding hydrogens is 496 g/mol. The van der Waals surface area contributed by atoms with Crippen LogP contribution >= 0.6 is 23.1 Å². The molecule has 0 unspecified atom stereocenters. The first kappa shape index (κ1) is 25.2. The predicted molar refractivity (Wildman–Crippen MR) is 116 cm³/mol. The van der Waals surface area contributed by atoms with Gasteiger partial charge >= 0.3 is 18.0 Å². The quantitative estimate of drug-likeness (QED) is 0.204. The molecular formula is C17H20N6O9S2. The Hall–Kier alpha value is -3.41. The summed E-state index contributed by atoms with van der Waals surface area (Å²) in [5.41, 5.74) is 11.0. The molecule has 2 aliphatic rings. The molecule has 0 saturated carbocycles. The fourth-order valence-corrected chi connectivity index (χ4v) is 5.02. The number of fused-ring (bicyclic) bond motifs is 1. The normalized spacial score (nSPS) is 21.0. The molecule has 4 atom stereocenters. The van der Waals surface area contributed by atoms with Gasteiger partial charge in [0, 0.05) is 5.38 Å². The highest BCUT2D eigenvalue weighted by Gasteiger charge is 2.55. The minimum absolute atomic E-state index is 0.0317. The molecule has 0 aromatic carbocycles. The fourth-order valence-electron chi connectivity index (χ4n) is 2.97. The fraction of sp³-hybridized carbons (Fsp3) is 0.412. The Balaban J connectivity index is 1.57. The Bertz CT molecular complexity index is 1060. The Kier molecular flexibility index (Phi) is 7.60. The van der Waals surface area contributed by atoms with Gasteiger partial charge in [0.05, 0.1) is 18.6 Å². The van der Waals surface area contributed by atoms with Crippen molar-refractivity contribution in [1.29, 1.82) is 0 Å². The summed E-state index contributed by atoms with van der Waals surface area (Å²) in [6, 6.07) is -3.66. The number of nitrogens with zero attached hydrogens (tertiary/aromatic N) is 2. The first-order valence-electron chi connectivity index (χ1n) is 9.43. The topological polar surface area (TPSA) is 236 Å². The zero-order valence-corrected chi connectivity index (χ0v) is 19.1. The Morgan fingerprint density at radius 1 is 1.32 bits per heavy atom. The highest BCUT2D eigenvalue weighted by Crippen LogP contribution is 2.40. The minimum atomic E-state index is -1.38. The van der Waals surface area contributed by atoms with Crippen molar-refractivity contribution in [2.45, 2.75) is 23.5 Å². The maximum atomic E-state index is 12.6. The Morgan fingerprint density at radius 3 is 2.65 bits per heavy atom. The third-order valence-electron chi connectivity index (χ3n) is 4.72. The molecule has 184 valence electrons. The molecule has 0 radical (unpaired) electrons. The van der Waals surface area contributed by atoms with Crippen LogP contribution in [0.25, 0.3) is 0 Å². The summed E-state index contributed by atoms with van der Waals surface area (Å²) in [6.45, 7) is -0.558. The maximum Gasteiger partial charge on any atom is 0.413 e. The van der Waals surface area contributed by atoms with Gasteiger partial charge in [0.1, 0.15) is 35.9 Å². The van der Waals surface area contributed by atoms with Gasteiger partial charge in [-0.3, -0.25) is 24.6 Å². The average molecular weight is 517 g/mol. The molecule has 0 bridgehead atoms. The summed E-state index contributed by atoms with van der Waals surface area (Å²) in [5.74, 6) is -3.65. The number of carbonyl (C=O) groups excluding carboxylic acids is 3. The SMILES string of the molecule is COC1=C(C(=O)O)N2C(=O)[C@@H](NC(=O)[C@H](N)c3csc(NC(=O)OC[C@@H](N)C(=O)O)n3)[C@H]2SC1. The summed E-state index contributed by atoms with van der Waals surface area (Å²) < 4.78 is 9.71. The lowest BCUT2D eigenvalue weighted by Crippen LogP contribution is -2.71. The number of nitrogens with one attached hydrogen (secondary N) is 2. The number of anilines is 1. The largest absolute Gasteiger partial charge is 0.498 e. The molecule has 3 heterocycles. The van der Waals surface area contributed by atoms with Crippen LogP contribution in [0.3, 0.4) is 0 Å². The van der Waals surface area contributed by atoms with Gasteiger partial charge in [-0.2, -0.15) is 0 Å². The summed E-state index contributed by atoms with van der Waals surface area (Å²) in [7, 11) is 1.31. The van der Waals surface area contributed by atoms with Crippen molar-refractivity contribution in [1.82, 2.24) is 15.2 Å². The molecule has 1 aromatic rings. The first-order chi connectivity index (χ1) is 16.0. The number of hydrogen-bond acceptors (Lipinski definition) is 12. The monoisotopic (exact) mass is 516 g/mol. The van der Waals surface area contributed by atoms with Crippen molar-refractivity contribution in [2.75, 3.05) is 24.8 Å². The van der Waals surface area contributed by atoms with Crippen LogP contribution in [0.4, 0.5) is 9.93 Å². The number of amides is 3.